The van der Waals surface area contributed by atoms with Gasteiger partial charge in [0.15, 0.2) is 5.78 Å². The first-order valence-electron chi connectivity index (χ1n) is 6.13. The predicted molar refractivity (Wildman–Crippen MR) is 82.0 cm³/mol. The number of anilines is 2. The number of carbonyl (C=O) groups excluding carboxylic acids is 1. The van der Waals surface area contributed by atoms with Crippen LogP contribution in [0.3, 0.4) is 0 Å². The summed E-state index contributed by atoms with van der Waals surface area (Å²) in [6.45, 7) is 2.12. The molecule has 0 amide bonds. The topological polar surface area (TPSA) is 70.1 Å². The van der Waals surface area contributed by atoms with Gasteiger partial charge in [-0.3, -0.25) is 4.79 Å². The molecule has 4 nitrogen and oxygen atoms in total. The molecule has 102 valence electrons. The highest BCUT2D eigenvalue weighted by Crippen LogP contribution is 2.38. The predicted octanol–water partition coefficient (Wildman–Crippen LogP) is 3.04. The summed E-state index contributed by atoms with van der Waals surface area (Å²) >= 11 is 1.28. The lowest BCUT2D eigenvalue weighted by molar-refractivity contribution is 0.102. The number of nitrogen functional groups attached to an aromatic ring is 1. The molecular weight excluding hydrogens is 270 g/mol. The number of hydrogen-bond donors (Lipinski definition) is 1. The highest BCUT2D eigenvalue weighted by Gasteiger charge is 2.21. The number of ketones is 1. The van der Waals surface area contributed by atoms with Gasteiger partial charge in [0.25, 0.3) is 0 Å². The third-order valence-electron chi connectivity index (χ3n) is 2.97. The standard InChI is InChI=1S/C15H15N3OS/c1-10(19)14-13(17)12(8-16)15(20-14)18(2)9-11-6-4-3-5-7-11/h3-7H,9,17H2,1-2H3. The third kappa shape index (κ3) is 2.65. The van der Waals surface area contributed by atoms with E-state index in [1.54, 1.807) is 0 Å². The van der Waals surface area contributed by atoms with Gasteiger partial charge in [0.1, 0.15) is 16.6 Å². The van der Waals surface area contributed by atoms with Crippen LogP contribution < -0.4 is 10.6 Å². The summed E-state index contributed by atoms with van der Waals surface area (Å²) in [5, 5.41) is 9.98. The number of Topliss-reactive ketones (excluding diaryl/α,β-unsaturated/α-hetero) is 1. The fourth-order valence-electron chi connectivity index (χ4n) is 2.00. The van der Waals surface area contributed by atoms with Crippen LogP contribution in [0.5, 0.6) is 0 Å². The van der Waals surface area contributed by atoms with Crippen molar-refractivity contribution < 1.29 is 4.79 Å². The van der Waals surface area contributed by atoms with Crippen molar-refractivity contribution in [1.29, 1.82) is 5.26 Å². The zero-order chi connectivity index (χ0) is 14.7. The van der Waals surface area contributed by atoms with Crippen LogP contribution in [0.4, 0.5) is 10.7 Å². The van der Waals surface area contributed by atoms with Gasteiger partial charge in [-0.2, -0.15) is 5.26 Å². The number of nitrogens with two attached hydrogens (primary N) is 1. The zero-order valence-corrected chi connectivity index (χ0v) is 12.2. The van der Waals surface area contributed by atoms with Gasteiger partial charge < -0.3 is 10.6 Å². The van der Waals surface area contributed by atoms with Crippen LogP contribution in [-0.2, 0) is 6.54 Å². The highest BCUT2D eigenvalue weighted by atomic mass is 32.1. The molecule has 0 aliphatic heterocycles. The van der Waals surface area contributed by atoms with Gasteiger partial charge in [-0.25, -0.2) is 0 Å². The van der Waals surface area contributed by atoms with Gasteiger partial charge in [-0.15, -0.1) is 11.3 Å². The number of hydrogen-bond acceptors (Lipinski definition) is 5. The van der Waals surface area contributed by atoms with Crippen LogP contribution in [0.2, 0.25) is 0 Å². The Morgan fingerprint density at radius 3 is 2.60 bits per heavy atom. The summed E-state index contributed by atoms with van der Waals surface area (Å²) in [4.78, 5) is 13.9. The number of nitrogens with zero attached hydrogens (tertiary/aromatic N) is 2. The number of benzene rings is 1. The molecular formula is C15H15N3OS. The number of thiophene rings is 1. The molecule has 2 N–H and O–H groups in total. The van der Waals surface area contributed by atoms with Crippen molar-refractivity contribution in [3.8, 4) is 6.07 Å². The van der Waals surface area contributed by atoms with Crippen molar-refractivity contribution >= 4 is 27.8 Å². The average molecular weight is 285 g/mol. The van der Waals surface area contributed by atoms with E-state index in [4.69, 9.17) is 5.73 Å². The summed E-state index contributed by atoms with van der Waals surface area (Å²) in [5.74, 6) is -0.108. The molecule has 0 aliphatic carbocycles. The second-order valence-corrected chi connectivity index (χ2v) is 5.53. The minimum atomic E-state index is -0.108. The van der Waals surface area contributed by atoms with Crippen LogP contribution in [0.15, 0.2) is 30.3 Å². The smallest absolute Gasteiger partial charge is 0.171 e. The molecule has 1 aromatic heterocycles. The van der Waals surface area contributed by atoms with E-state index in [-0.39, 0.29) is 5.78 Å². The lowest BCUT2D eigenvalue weighted by Crippen LogP contribution is -2.16. The van der Waals surface area contributed by atoms with E-state index >= 15 is 0 Å². The molecule has 0 saturated heterocycles. The zero-order valence-electron chi connectivity index (χ0n) is 11.4. The van der Waals surface area contributed by atoms with Crippen LogP contribution >= 0.6 is 11.3 Å². The lowest BCUT2D eigenvalue weighted by Gasteiger charge is -2.17. The molecule has 0 saturated carbocycles. The molecule has 0 bridgehead atoms. The second kappa shape index (κ2) is 5.76. The SMILES string of the molecule is CC(=O)c1sc(N(C)Cc2ccccc2)c(C#N)c1N. The fourth-order valence-corrected chi connectivity index (χ4v) is 3.03. The van der Waals surface area contributed by atoms with E-state index < -0.39 is 0 Å². The van der Waals surface area contributed by atoms with Gasteiger partial charge in [0.05, 0.1) is 10.6 Å². The highest BCUT2D eigenvalue weighted by molar-refractivity contribution is 7.19. The number of carbonyl (C=O) groups is 1. The monoisotopic (exact) mass is 285 g/mol. The summed E-state index contributed by atoms with van der Waals surface area (Å²) in [6.07, 6.45) is 0. The van der Waals surface area contributed by atoms with Crippen LogP contribution in [0, 0.1) is 11.3 Å². The molecule has 2 aromatic rings. The van der Waals surface area contributed by atoms with Crippen molar-refractivity contribution in [1.82, 2.24) is 0 Å². The quantitative estimate of drug-likeness (QED) is 0.876. The average Bonchev–Trinajstić information content (AvgIpc) is 2.77. The van der Waals surface area contributed by atoms with E-state index in [2.05, 4.69) is 6.07 Å². The van der Waals surface area contributed by atoms with E-state index in [1.165, 1.54) is 18.3 Å². The maximum atomic E-state index is 11.5. The van der Waals surface area contributed by atoms with Crippen LogP contribution in [-0.4, -0.2) is 12.8 Å². The van der Waals surface area contributed by atoms with E-state index in [0.717, 1.165) is 10.6 Å². The molecule has 0 aliphatic rings. The molecule has 0 atom stereocenters. The summed E-state index contributed by atoms with van der Waals surface area (Å²) in [5.41, 5.74) is 7.70. The Hall–Kier alpha value is -2.32. The Morgan fingerprint density at radius 1 is 1.40 bits per heavy atom. The van der Waals surface area contributed by atoms with E-state index in [0.29, 0.717) is 22.7 Å². The molecule has 0 unspecified atom stereocenters. The summed E-state index contributed by atoms with van der Waals surface area (Å²) in [6, 6.07) is 12.0. The van der Waals surface area contributed by atoms with Gasteiger partial charge >= 0.3 is 0 Å². The molecule has 20 heavy (non-hydrogen) atoms. The molecule has 0 radical (unpaired) electrons. The van der Waals surface area contributed by atoms with Gasteiger partial charge in [0, 0.05) is 20.5 Å². The Kier molecular flexibility index (Phi) is 4.06. The maximum absolute atomic E-state index is 11.5. The number of nitriles is 1. The van der Waals surface area contributed by atoms with Crippen molar-refractivity contribution in [3.63, 3.8) is 0 Å². The molecule has 2 rings (SSSR count). The van der Waals surface area contributed by atoms with Crippen LogP contribution in [0.25, 0.3) is 0 Å². The molecule has 1 aromatic carbocycles. The molecule has 0 spiro atoms. The Balaban J connectivity index is 2.35. The molecule has 5 heteroatoms. The fraction of sp³-hybridized carbons (Fsp3) is 0.200. The van der Waals surface area contributed by atoms with Crippen molar-refractivity contribution in [2.45, 2.75) is 13.5 Å². The summed E-state index contributed by atoms with van der Waals surface area (Å²) in [7, 11) is 1.89. The Morgan fingerprint density at radius 2 is 2.05 bits per heavy atom. The van der Waals surface area contributed by atoms with Crippen molar-refractivity contribution in [2.24, 2.45) is 0 Å². The van der Waals surface area contributed by atoms with Crippen molar-refractivity contribution in [2.75, 3.05) is 17.7 Å². The minimum absolute atomic E-state index is 0.108. The normalized spacial score (nSPS) is 10.1. The van der Waals surface area contributed by atoms with Gasteiger partial charge in [-0.05, 0) is 5.56 Å². The Labute approximate surface area is 122 Å². The minimum Gasteiger partial charge on any atom is -0.396 e. The molecule has 1 heterocycles. The largest absolute Gasteiger partial charge is 0.396 e. The van der Waals surface area contributed by atoms with Crippen LogP contribution in [0.1, 0.15) is 27.7 Å². The Bertz CT molecular complexity index is 670. The third-order valence-corrected chi connectivity index (χ3v) is 4.39. The van der Waals surface area contributed by atoms with Gasteiger partial charge in [-0.1, -0.05) is 30.3 Å². The summed E-state index contributed by atoms with van der Waals surface area (Å²) < 4.78 is 0. The lowest BCUT2D eigenvalue weighted by atomic mass is 10.2. The second-order valence-electron chi connectivity index (χ2n) is 4.53. The molecule has 0 fully saturated rings. The van der Waals surface area contributed by atoms with Crippen molar-refractivity contribution in [3.05, 3.63) is 46.3 Å². The van der Waals surface area contributed by atoms with Gasteiger partial charge in [0.2, 0.25) is 0 Å². The first-order chi connectivity index (χ1) is 9.54. The number of rotatable bonds is 4. The maximum Gasteiger partial charge on any atom is 0.171 e. The first-order valence-corrected chi connectivity index (χ1v) is 6.94. The van der Waals surface area contributed by atoms with E-state index in [1.807, 2.05) is 42.3 Å². The van der Waals surface area contributed by atoms with E-state index in [9.17, 15) is 10.1 Å². The first kappa shape index (κ1) is 14.1.